The second kappa shape index (κ2) is 15.0. The molecule has 3 heterocycles. The summed E-state index contributed by atoms with van der Waals surface area (Å²) in [6.45, 7) is 0. The molecule has 324 valence electrons. The Hall–Kier alpha value is -9.45. The highest BCUT2D eigenvalue weighted by Crippen LogP contribution is 2.45. The summed E-state index contributed by atoms with van der Waals surface area (Å²) in [6, 6.07) is 82.3. The minimum Gasteiger partial charge on any atom is -0.455 e. The summed E-state index contributed by atoms with van der Waals surface area (Å²) in [7, 11) is 0. The Labute approximate surface area is 401 Å². The lowest BCUT2D eigenvalue weighted by atomic mass is 9.96. The molecule has 0 saturated carbocycles. The van der Waals surface area contributed by atoms with Crippen molar-refractivity contribution in [1.29, 1.82) is 0 Å². The fraction of sp³-hybridized carbons (Fsp3) is 0. The number of hydrogen-bond donors (Lipinski definition) is 0. The molecule has 0 aliphatic rings. The van der Waals surface area contributed by atoms with E-state index in [0.717, 1.165) is 110 Å². The van der Waals surface area contributed by atoms with Crippen LogP contribution in [0.5, 0.6) is 0 Å². The molecular weight excluding hydrogens is 853 g/mol. The average molecular weight is 891 g/mol. The number of fused-ring (bicyclic) bond motifs is 14. The SMILES string of the molecule is c1ccc(-c2cccc(-c3nc(-c4cc5oc6c7ccccc7ccc6c5cc4-n4c5cc6ccccc6cc5c5ccc6ccccc6c54)nc(-c4cc5ccccc5c5ccccc45)n3)c2)cc1. The monoisotopic (exact) mass is 890 g/mol. The Bertz CT molecular complexity index is 4660. The first kappa shape index (κ1) is 38.6. The number of nitrogens with zero attached hydrogens (tertiary/aromatic N) is 4. The van der Waals surface area contributed by atoms with Gasteiger partial charge in [0.2, 0.25) is 0 Å². The molecule has 0 radical (unpaired) electrons. The Morgan fingerprint density at radius 1 is 0.300 bits per heavy atom. The van der Waals surface area contributed by atoms with Gasteiger partial charge < -0.3 is 8.98 Å². The third kappa shape index (κ3) is 5.88. The lowest BCUT2D eigenvalue weighted by Gasteiger charge is -2.17. The molecule has 0 aliphatic carbocycles. The smallest absolute Gasteiger partial charge is 0.166 e. The molecule has 0 unspecified atom stereocenters. The normalized spacial score (nSPS) is 12.0. The first-order valence-corrected chi connectivity index (χ1v) is 23.7. The van der Waals surface area contributed by atoms with E-state index in [-0.39, 0.29) is 0 Å². The third-order valence-electron chi connectivity index (χ3n) is 14.4. The molecule has 0 aliphatic heterocycles. The van der Waals surface area contributed by atoms with Crippen LogP contribution in [0.25, 0.3) is 149 Å². The standard InChI is InChI=1S/C65H38N4O/c1-2-15-39(16-3-1)42-22-14-23-46(33-42)63-66-64(56-35-45-21-8-9-24-47(45)50-27-12-13-28-51(50)56)68-65(67-63)57-38-60-55(53-32-30-41-18-7-11-26-49(41)62(53)70-60)37-59(57)69-58-36-44-20-5-4-19-43(44)34-54(58)52-31-29-40-17-6-10-25-48(40)61(52)69/h1-38H. The molecular formula is C65H38N4O. The maximum absolute atomic E-state index is 7.02. The molecule has 0 N–H and O–H groups in total. The summed E-state index contributed by atoms with van der Waals surface area (Å²) >= 11 is 0. The van der Waals surface area contributed by atoms with Crippen LogP contribution in [0, 0.1) is 0 Å². The molecule has 12 aromatic carbocycles. The summed E-state index contributed by atoms with van der Waals surface area (Å²) in [5, 5.41) is 15.8. The van der Waals surface area contributed by atoms with Crippen LogP contribution >= 0.6 is 0 Å². The van der Waals surface area contributed by atoms with Gasteiger partial charge in [0.15, 0.2) is 17.5 Å². The van der Waals surface area contributed by atoms with E-state index in [1.165, 1.54) is 21.5 Å². The van der Waals surface area contributed by atoms with Crippen LogP contribution < -0.4 is 0 Å². The topological polar surface area (TPSA) is 56.7 Å². The lowest BCUT2D eigenvalue weighted by Crippen LogP contribution is -2.04. The molecule has 3 aromatic heterocycles. The van der Waals surface area contributed by atoms with Crippen molar-refractivity contribution in [3.63, 3.8) is 0 Å². The zero-order valence-electron chi connectivity index (χ0n) is 37.6. The van der Waals surface area contributed by atoms with Crippen LogP contribution in [-0.4, -0.2) is 19.5 Å². The second-order valence-electron chi connectivity index (χ2n) is 18.3. The first-order chi connectivity index (χ1) is 34.7. The van der Waals surface area contributed by atoms with Gasteiger partial charge in [-0.25, -0.2) is 15.0 Å². The Kier molecular flexibility index (Phi) is 8.29. The van der Waals surface area contributed by atoms with E-state index in [2.05, 4.69) is 229 Å². The lowest BCUT2D eigenvalue weighted by molar-refractivity contribution is 0.672. The fourth-order valence-electron chi connectivity index (χ4n) is 11.1. The van der Waals surface area contributed by atoms with Gasteiger partial charge in [-0.1, -0.05) is 188 Å². The Morgan fingerprint density at radius 2 is 0.886 bits per heavy atom. The number of rotatable bonds is 5. The van der Waals surface area contributed by atoms with E-state index in [9.17, 15) is 0 Å². The highest BCUT2D eigenvalue weighted by atomic mass is 16.3. The van der Waals surface area contributed by atoms with Crippen molar-refractivity contribution < 1.29 is 4.42 Å². The molecule has 0 bridgehead atoms. The van der Waals surface area contributed by atoms with Crippen molar-refractivity contribution in [1.82, 2.24) is 19.5 Å². The summed E-state index contributed by atoms with van der Waals surface area (Å²) < 4.78 is 9.48. The minimum atomic E-state index is 0.542. The zero-order valence-corrected chi connectivity index (χ0v) is 37.6. The molecule has 0 saturated heterocycles. The number of furan rings is 1. The van der Waals surface area contributed by atoms with Crippen molar-refractivity contribution in [2.24, 2.45) is 0 Å². The van der Waals surface area contributed by atoms with E-state index in [0.29, 0.717) is 17.5 Å². The Balaban J connectivity index is 1.10. The molecule has 0 atom stereocenters. The predicted octanol–water partition coefficient (Wildman–Crippen LogP) is 17.3. The van der Waals surface area contributed by atoms with Gasteiger partial charge in [-0.3, -0.25) is 0 Å². The van der Waals surface area contributed by atoms with Crippen molar-refractivity contribution in [3.8, 4) is 51.0 Å². The number of aromatic nitrogens is 4. The number of benzene rings is 12. The van der Waals surface area contributed by atoms with Crippen LogP contribution in [0.3, 0.4) is 0 Å². The van der Waals surface area contributed by atoms with Gasteiger partial charge in [-0.15, -0.1) is 0 Å². The van der Waals surface area contributed by atoms with Gasteiger partial charge in [-0.2, -0.15) is 0 Å². The van der Waals surface area contributed by atoms with Gasteiger partial charge >= 0.3 is 0 Å². The molecule has 0 fully saturated rings. The fourth-order valence-corrected chi connectivity index (χ4v) is 11.1. The van der Waals surface area contributed by atoms with E-state index >= 15 is 0 Å². The molecule has 0 spiro atoms. The minimum absolute atomic E-state index is 0.542. The molecule has 70 heavy (non-hydrogen) atoms. The van der Waals surface area contributed by atoms with Crippen molar-refractivity contribution >= 4 is 97.6 Å². The maximum Gasteiger partial charge on any atom is 0.166 e. The van der Waals surface area contributed by atoms with E-state index < -0.39 is 0 Å². The van der Waals surface area contributed by atoms with Crippen LogP contribution in [-0.2, 0) is 0 Å². The molecule has 15 aromatic rings. The molecule has 15 rings (SSSR count). The first-order valence-electron chi connectivity index (χ1n) is 23.7. The van der Waals surface area contributed by atoms with E-state index in [1.807, 2.05) is 6.07 Å². The summed E-state index contributed by atoms with van der Waals surface area (Å²) in [5.41, 5.74) is 9.62. The van der Waals surface area contributed by atoms with Crippen LogP contribution in [0.2, 0.25) is 0 Å². The quantitative estimate of drug-likeness (QED) is 0.162. The highest BCUT2D eigenvalue weighted by molar-refractivity contribution is 6.22. The third-order valence-corrected chi connectivity index (χ3v) is 14.4. The van der Waals surface area contributed by atoms with Gasteiger partial charge in [-0.05, 0) is 96.7 Å². The van der Waals surface area contributed by atoms with Crippen LogP contribution in [0.1, 0.15) is 0 Å². The van der Waals surface area contributed by atoms with Crippen LogP contribution in [0.4, 0.5) is 0 Å². The summed E-state index contributed by atoms with van der Waals surface area (Å²) in [5.74, 6) is 1.71. The van der Waals surface area contributed by atoms with E-state index in [1.54, 1.807) is 0 Å². The van der Waals surface area contributed by atoms with E-state index in [4.69, 9.17) is 19.4 Å². The predicted molar refractivity (Wildman–Crippen MR) is 291 cm³/mol. The van der Waals surface area contributed by atoms with Crippen molar-refractivity contribution in [2.75, 3.05) is 0 Å². The molecule has 5 nitrogen and oxygen atoms in total. The summed E-state index contributed by atoms with van der Waals surface area (Å²) in [4.78, 5) is 16.6. The summed E-state index contributed by atoms with van der Waals surface area (Å²) in [6.07, 6.45) is 0. The zero-order chi connectivity index (χ0) is 45.9. The van der Waals surface area contributed by atoms with Gasteiger partial charge in [0, 0.05) is 49.0 Å². The van der Waals surface area contributed by atoms with Gasteiger partial charge in [0.1, 0.15) is 11.2 Å². The Morgan fingerprint density at radius 3 is 1.69 bits per heavy atom. The maximum atomic E-state index is 7.02. The molecule has 0 amide bonds. The number of hydrogen-bond acceptors (Lipinski definition) is 4. The van der Waals surface area contributed by atoms with Crippen molar-refractivity contribution in [3.05, 3.63) is 231 Å². The largest absolute Gasteiger partial charge is 0.455 e. The van der Waals surface area contributed by atoms with Gasteiger partial charge in [0.05, 0.1) is 16.7 Å². The second-order valence-corrected chi connectivity index (χ2v) is 18.3. The average Bonchev–Trinajstić information content (AvgIpc) is 3.97. The van der Waals surface area contributed by atoms with Crippen molar-refractivity contribution in [2.45, 2.75) is 0 Å². The molecule has 5 heteroatoms. The van der Waals surface area contributed by atoms with Crippen LogP contribution in [0.15, 0.2) is 235 Å². The van der Waals surface area contributed by atoms with Gasteiger partial charge in [0.25, 0.3) is 0 Å². The highest BCUT2D eigenvalue weighted by Gasteiger charge is 2.25.